The summed E-state index contributed by atoms with van der Waals surface area (Å²) in [5, 5.41) is 3.47. The first-order valence-corrected chi connectivity index (χ1v) is 8.86. The van der Waals surface area contributed by atoms with E-state index in [1.807, 2.05) is 6.07 Å². The monoisotopic (exact) mass is 392 g/mol. The smallest absolute Gasteiger partial charge is 0.257 e. The van der Waals surface area contributed by atoms with Gasteiger partial charge in [0.15, 0.2) is 11.3 Å². The van der Waals surface area contributed by atoms with E-state index in [0.717, 1.165) is 0 Å². The molecule has 0 fully saturated rings. The average molecular weight is 392 g/mol. The lowest BCUT2D eigenvalue weighted by atomic mass is 10.1. The summed E-state index contributed by atoms with van der Waals surface area (Å²) in [7, 11) is 1.53. The SMILES string of the molecule is COc1cccc2cc(C(=O)NCc3ccco3)c(=Nc3ccc(F)cc3)oc12. The average Bonchev–Trinajstić information content (AvgIpc) is 3.26. The third-order valence-electron chi connectivity index (χ3n) is 4.26. The van der Waals surface area contributed by atoms with Gasteiger partial charge in [0.05, 0.1) is 25.6 Å². The molecule has 6 nitrogen and oxygen atoms in total. The maximum Gasteiger partial charge on any atom is 0.257 e. The highest BCUT2D eigenvalue weighted by Gasteiger charge is 2.15. The topological polar surface area (TPSA) is 77.0 Å². The summed E-state index contributed by atoms with van der Waals surface area (Å²) in [4.78, 5) is 17.2. The predicted octanol–water partition coefficient (Wildman–Crippen LogP) is 4.34. The molecule has 7 heteroatoms. The molecule has 0 bridgehead atoms. The lowest BCUT2D eigenvalue weighted by Gasteiger charge is -2.08. The zero-order valence-corrected chi connectivity index (χ0v) is 15.5. The molecule has 0 aliphatic heterocycles. The lowest BCUT2D eigenvalue weighted by molar-refractivity contribution is 0.0944. The van der Waals surface area contributed by atoms with Gasteiger partial charge in [0, 0.05) is 5.39 Å². The number of hydrogen-bond acceptors (Lipinski definition) is 5. The highest BCUT2D eigenvalue weighted by Crippen LogP contribution is 2.25. The van der Waals surface area contributed by atoms with Crippen LogP contribution in [0.15, 0.2) is 80.8 Å². The molecule has 2 heterocycles. The van der Waals surface area contributed by atoms with Crippen molar-refractivity contribution in [3.63, 3.8) is 0 Å². The number of para-hydroxylation sites is 1. The van der Waals surface area contributed by atoms with Gasteiger partial charge in [-0.15, -0.1) is 0 Å². The van der Waals surface area contributed by atoms with Crippen LogP contribution in [0, 0.1) is 5.82 Å². The van der Waals surface area contributed by atoms with Gasteiger partial charge < -0.3 is 18.9 Å². The van der Waals surface area contributed by atoms with Gasteiger partial charge in [0.2, 0.25) is 5.55 Å². The van der Waals surface area contributed by atoms with Crippen LogP contribution in [-0.4, -0.2) is 13.0 Å². The summed E-state index contributed by atoms with van der Waals surface area (Å²) in [5.74, 6) is 0.378. The van der Waals surface area contributed by atoms with Gasteiger partial charge in [-0.1, -0.05) is 12.1 Å². The number of nitrogens with one attached hydrogen (secondary N) is 1. The summed E-state index contributed by atoms with van der Waals surface area (Å²) >= 11 is 0. The van der Waals surface area contributed by atoms with E-state index in [0.29, 0.717) is 28.2 Å². The molecule has 4 rings (SSSR count). The van der Waals surface area contributed by atoms with Crippen molar-refractivity contribution in [2.45, 2.75) is 6.54 Å². The number of nitrogens with zero attached hydrogens (tertiary/aromatic N) is 1. The number of fused-ring (bicyclic) bond motifs is 1. The summed E-state index contributed by atoms with van der Waals surface area (Å²) in [6, 6.07) is 16.1. The normalized spacial score (nSPS) is 11.6. The number of carbonyl (C=O) groups excluding carboxylic acids is 1. The van der Waals surface area contributed by atoms with Gasteiger partial charge in [-0.2, -0.15) is 0 Å². The molecule has 0 radical (unpaired) electrons. The van der Waals surface area contributed by atoms with E-state index < -0.39 is 0 Å². The molecule has 0 aliphatic carbocycles. The molecular weight excluding hydrogens is 375 g/mol. The molecule has 0 spiro atoms. The van der Waals surface area contributed by atoms with Gasteiger partial charge in [-0.25, -0.2) is 9.38 Å². The molecule has 0 atom stereocenters. The number of halogens is 1. The van der Waals surface area contributed by atoms with Crippen LogP contribution in [0.3, 0.4) is 0 Å². The molecule has 1 N–H and O–H groups in total. The number of benzene rings is 2. The van der Waals surface area contributed by atoms with Crippen molar-refractivity contribution in [1.82, 2.24) is 5.32 Å². The first-order valence-electron chi connectivity index (χ1n) is 8.86. The third-order valence-corrected chi connectivity index (χ3v) is 4.26. The van der Waals surface area contributed by atoms with Gasteiger partial charge >= 0.3 is 0 Å². The summed E-state index contributed by atoms with van der Waals surface area (Å²) in [6.07, 6.45) is 1.54. The number of amides is 1. The van der Waals surface area contributed by atoms with Crippen molar-refractivity contribution in [2.75, 3.05) is 7.11 Å². The van der Waals surface area contributed by atoms with Gasteiger partial charge in [-0.3, -0.25) is 4.79 Å². The second-order valence-corrected chi connectivity index (χ2v) is 6.19. The second-order valence-electron chi connectivity index (χ2n) is 6.19. The standard InChI is InChI=1S/C22H17FN2O4/c1-27-19-6-2-4-14-12-18(21(26)24-13-17-5-3-11-28-17)22(29-20(14)19)25-16-9-7-15(23)8-10-16/h2-12H,13H2,1H3,(H,24,26). The molecule has 0 unspecified atom stereocenters. The van der Waals surface area contributed by atoms with Gasteiger partial charge in [0.1, 0.15) is 17.1 Å². The van der Waals surface area contributed by atoms with Crippen LogP contribution >= 0.6 is 0 Å². The first-order chi connectivity index (χ1) is 14.1. The Morgan fingerprint density at radius 2 is 1.97 bits per heavy atom. The summed E-state index contributed by atoms with van der Waals surface area (Å²) in [5.41, 5.74) is 1.23. The zero-order valence-electron chi connectivity index (χ0n) is 15.5. The van der Waals surface area contributed by atoms with Gasteiger partial charge in [-0.05, 0) is 48.5 Å². The Morgan fingerprint density at radius 1 is 1.14 bits per heavy atom. The molecule has 0 aliphatic rings. The van der Waals surface area contributed by atoms with Gasteiger partial charge in [0.25, 0.3) is 5.91 Å². The number of ether oxygens (including phenoxy) is 1. The molecule has 4 aromatic rings. The van der Waals surface area contributed by atoms with Crippen molar-refractivity contribution >= 4 is 22.6 Å². The Morgan fingerprint density at radius 3 is 2.69 bits per heavy atom. The van der Waals surface area contributed by atoms with Crippen LogP contribution < -0.4 is 15.6 Å². The molecule has 0 saturated heterocycles. The van der Waals surface area contributed by atoms with E-state index in [1.54, 1.807) is 30.3 Å². The van der Waals surface area contributed by atoms with Crippen LogP contribution in [0.25, 0.3) is 11.0 Å². The van der Waals surface area contributed by atoms with Crippen LogP contribution in [0.4, 0.5) is 10.1 Å². The van der Waals surface area contributed by atoms with Crippen LogP contribution in [-0.2, 0) is 6.54 Å². The fraction of sp³-hybridized carbons (Fsp3) is 0.0909. The number of carbonyl (C=O) groups is 1. The number of hydrogen-bond donors (Lipinski definition) is 1. The molecule has 2 aromatic heterocycles. The second kappa shape index (κ2) is 8.02. The first kappa shape index (κ1) is 18.5. The number of methoxy groups -OCH3 is 1. The largest absolute Gasteiger partial charge is 0.493 e. The minimum absolute atomic E-state index is 0.0885. The Labute approximate surface area is 165 Å². The highest BCUT2D eigenvalue weighted by molar-refractivity contribution is 5.97. The highest BCUT2D eigenvalue weighted by atomic mass is 19.1. The van der Waals surface area contributed by atoms with Crippen LogP contribution in [0.2, 0.25) is 0 Å². The Bertz CT molecular complexity index is 1210. The fourth-order valence-corrected chi connectivity index (χ4v) is 2.84. The van der Waals surface area contributed by atoms with Crippen LogP contribution in [0.5, 0.6) is 5.75 Å². The molecular formula is C22H17FN2O4. The van der Waals surface area contributed by atoms with E-state index in [-0.39, 0.29) is 29.4 Å². The lowest BCUT2D eigenvalue weighted by Crippen LogP contribution is -2.28. The van der Waals surface area contributed by atoms with Crippen molar-refractivity contribution in [2.24, 2.45) is 4.99 Å². The fourth-order valence-electron chi connectivity index (χ4n) is 2.84. The summed E-state index contributed by atoms with van der Waals surface area (Å²) < 4.78 is 29.7. The van der Waals surface area contributed by atoms with E-state index in [2.05, 4.69) is 10.3 Å². The molecule has 0 saturated carbocycles. The van der Waals surface area contributed by atoms with Crippen LogP contribution in [0.1, 0.15) is 16.1 Å². The molecule has 29 heavy (non-hydrogen) atoms. The van der Waals surface area contributed by atoms with Crippen molar-refractivity contribution in [1.29, 1.82) is 0 Å². The van der Waals surface area contributed by atoms with E-state index >= 15 is 0 Å². The Balaban J connectivity index is 1.82. The third kappa shape index (κ3) is 4.03. The zero-order chi connectivity index (χ0) is 20.2. The molecule has 1 amide bonds. The quantitative estimate of drug-likeness (QED) is 0.548. The molecule has 2 aromatic carbocycles. The number of furan rings is 1. The summed E-state index contributed by atoms with van der Waals surface area (Å²) in [6.45, 7) is 0.220. The maximum absolute atomic E-state index is 13.2. The van der Waals surface area contributed by atoms with Crippen molar-refractivity contribution in [3.8, 4) is 5.75 Å². The Kier molecular flexibility index (Phi) is 5.11. The minimum atomic E-state index is -0.379. The van der Waals surface area contributed by atoms with E-state index in [9.17, 15) is 9.18 Å². The minimum Gasteiger partial charge on any atom is -0.493 e. The Hall–Kier alpha value is -3.87. The van der Waals surface area contributed by atoms with Crippen molar-refractivity contribution < 1.29 is 22.8 Å². The van der Waals surface area contributed by atoms with E-state index in [4.69, 9.17) is 13.6 Å². The molecule has 146 valence electrons. The number of rotatable bonds is 5. The van der Waals surface area contributed by atoms with E-state index in [1.165, 1.54) is 37.6 Å². The predicted molar refractivity (Wildman–Crippen MR) is 104 cm³/mol. The maximum atomic E-state index is 13.2. The van der Waals surface area contributed by atoms with Crippen molar-refractivity contribution in [3.05, 3.63) is 89.6 Å².